The Hall–Kier alpha value is -1.36. The number of hydrogen-bond acceptors (Lipinski definition) is 3. The lowest BCUT2D eigenvalue weighted by Gasteiger charge is -2.27. The quantitative estimate of drug-likeness (QED) is 0.833. The summed E-state index contributed by atoms with van der Waals surface area (Å²) in [4.78, 5) is 11.7. The maximum atomic E-state index is 11.7. The number of carboxylic acids is 1. The summed E-state index contributed by atoms with van der Waals surface area (Å²) < 4.78 is 2.03. The minimum absolute atomic E-state index is 0.198. The van der Waals surface area contributed by atoms with E-state index in [4.69, 9.17) is 5.73 Å². The van der Waals surface area contributed by atoms with Crippen molar-refractivity contribution in [3.8, 4) is 0 Å². The van der Waals surface area contributed by atoms with Crippen LogP contribution in [0.3, 0.4) is 0 Å². The van der Waals surface area contributed by atoms with E-state index >= 15 is 0 Å². The second kappa shape index (κ2) is 5.20. The molecule has 3 N–H and O–H groups in total. The number of nitrogens with zero attached hydrogens (tertiary/aromatic N) is 2. The molecule has 20 heavy (non-hydrogen) atoms. The molecule has 1 unspecified atom stereocenters. The Morgan fingerprint density at radius 2 is 2.10 bits per heavy atom. The highest BCUT2D eigenvalue weighted by atomic mass is 16.4. The summed E-state index contributed by atoms with van der Waals surface area (Å²) in [5.74, 6) is -0.542. The first-order chi connectivity index (χ1) is 9.65. The van der Waals surface area contributed by atoms with Gasteiger partial charge in [-0.15, -0.1) is 0 Å². The summed E-state index contributed by atoms with van der Waals surface area (Å²) in [6.45, 7) is 0.198. The van der Waals surface area contributed by atoms with Crippen LogP contribution in [-0.4, -0.2) is 27.4 Å². The molecule has 2 saturated carbocycles. The van der Waals surface area contributed by atoms with Gasteiger partial charge < -0.3 is 10.8 Å². The van der Waals surface area contributed by atoms with E-state index in [1.165, 1.54) is 25.7 Å². The van der Waals surface area contributed by atoms with Crippen molar-refractivity contribution in [3.05, 3.63) is 18.0 Å². The predicted molar refractivity (Wildman–Crippen MR) is 75.3 cm³/mol. The van der Waals surface area contributed by atoms with Crippen LogP contribution in [0.5, 0.6) is 0 Å². The molecule has 2 aliphatic rings. The molecule has 0 amide bonds. The van der Waals surface area contributed by atoms with E-state index in [9.17, 15) is 9.90 Å². The molecule has 0 bridgehead atoms. The molecule has 0 aromatic carbocycles. The van der Waals surface area contributed by atoms with Crippen LogP contribution in [0.1, 0.15) is 50.3 Å². The molecule has 1 atom stereocenters. The number of carbonyl (C=O) groups is 1. The first kappa shape index (κ1) is 13.6. The molecule has 5 nitrogen and oxygen atoms in total. The molecule has 0 aliphatic heterocycles. The van der Waals surface area contributed by atoms with Crippen LogP contribution in [0.2, 0.25) is 0 Å². The van der Waals surface area contributed by atoms with E-state index in [0.29, 0.717) is 12.5 Å². The Morgan fingerprint density at radius 3 is 2.65 bits per heavy atom. The zero-order valence-electron chi connectivity index (χ0n) is 11.8. The van der Waals surface area contributed by atoms with Gasteiger partial charge in [-0.3, -0.25) is 9.48 Å². The molecule has 2 fully saturated rings. The fourth-order valence-electron chi connectivity index (χ4n) is 3.52. The fraction of sp³-hybridized carbons (Fsp3) is 0.733. The largest absolute Gasteiger partial charge is 0.481 e. The Balaban J connectivity index is 1.77. The van der Waals surface area contributed by atoms with Crippen LogP contribution < -0.4 is 5.73 Å². The van der Waals surface area contributed by atoms with Crippen LogP contribution in [0.4, 0.5) is 0 Å². The minimum Gasteiger partial charge on any atom is -0.481 e. The number of aromatic nitrogens is 2. The zero-order valence-corrected chi connectivity index (χ0v) is 11.8. The average Bonchev–Trinajstić information content (AvgIpc) is 2.97. The topological polar surface area (TPSA) is 81.1 Å². The van der Waals surface area contributed by atoms with Crippen molar-refractivity contribution in [2.45, 2.75) is 51.0 Å². The van der Waals surface area contributed by atoms with Gasteiger partial charge in [0, 0.05) is 19.2 Å². The molecule has 5 heteroatoms. The van der Waals surface area contributed by atoms with Crippen molar-refractivity contribution >= 4 is 5.97 Å². The van der Waals surface area contributed by atoms with Crippen molar-refractivity contribution < 1.29 is 9.90 Å². The minimum atomic E-state index is -0.811. The fourth-order valence-corrected chi connectivity index (χ4v) is 3.52. The normalized spacial score (nSPS) is 22.9. The lowest BCUT2D eigenvalue weighted by atomic mass is 9.78. The molecule has 110 valence electrons. The van der Waals surface area contributed by atoms with Crippen molar-refractivity contribution in [3.63, 3.8) is 0 Å². The van der Waals surface area contributed by atoms with Gasteiger partial charge in [0.15, 0.2) is 0 Å². The summed E-state index contributed by atoms with van der Waals surface area (Å²) in [7, 11) is 0. The second-order valence-electron chi connectivity index (χ2n) is 6.34. The van der Waals surface area contributed by atoms with Gasteiger partial charge in [0.2, 0.25) is 0 Å². The Morgan fingerprint density at radius 1 is 1.40 bits per heavy atom. The van der Waals surface area contributed by atoms with Crippen LogP contribution in [0.15, 0.2) is 12.3 Å². The van der Waals surface area contributed by atoms with Gasteiger partial charge in [0.1, 0.15) is 0 Å². The van der Waals surface area contributed by atoms with E-state index in [2.05, 4.69) is 5.10 Å². The van der Waals surface area contributed by atoms with E-state index in [1.807, 2.05) is 16.9 Å². The monoisotopic (exact) mass is 277 g/mol. The van der Waals surface area contributed by atoms with E-state index < -0.39 is 11.4 Å². The van der Waals surface area contributed by atoms with Gasteiger partial charge in [-0.05, 0) is 37.7 Å². The Bertz CT molecular complexity index is 489. The molecule has 1 aromatic rings. The molecule has 3 rings (SSSR count). The maximum Gasteiger partial charge on any atom is 0.311 e. The summed E-state index contributed by atoms with van der Waals surface area (Å²) in [6.07, 6.45) is 9.33. The second-order valence-corrected chi connectivity index (χ2v) is 6.34. The Kier molecular flexibility index (Phi) is 3.54. The van der Waals surface area contributed by atoms with Crippen LogP contribution in [0, 0.1) is 11.3 Å². The third-order valence-corrected chi connectivity index (χ3v) is 5.01. The molecule has 2 aliphatic carbocycles. The van der Waals surface area contributed by atoms with Crippen LogP contribution >= 0.6 is 0 Å². The van der Waals surface area contributed by atoms with Crippen molar-refractivity contribution in [2.24, 2.45) is 17.1 Å². The molecular weight excluding hydrogens is 254 g/mol. The molecule has 0 saturated heterocycles. The van der Waals surface area contributed by atoms with Crippen molar-refractivity contribution in [1.82, 2.24) is 9.78 Å². The highest BCUT2D eigenvalue weighted by molar-refractivity contribution is 5.76. The van der Waals surface area contributed by atoms with E-state index in [1.54, 1.807) is 0 Å². The molecule has 1 aromatic heterocycles. The van der Waals surface area contributed by atoms with Crippen molar-refractivity contribution in [2.75, 3.05) is 6.54 Å². The highest BCUT2D eigenvalue weighted by Gasteiger charge is 2.50. The van der Waals surface area contributed by atoms with Gasteiger partial charge in [-0.25, -0.2) is 0 Å². The smallest absolute Gasteiger partial charge is 0.311 e. The zero-order chi connectivity index (χ0) is 14.2. The number of aliphatic carboxylic acids is 1. The standard InChI is InChI=1S/C15H23N3O2/c16-10-15(14(19)20,11-5-6-11)9-12-7-8-18(17-12)13-3-1-2-4-13/h7-8,11,13H,1-6,9-10,16H2,(H,19,20). The van der Waals surface area contributed by atoms with E-state index in [-0.39, 0.29) is 12.5 Å². The molecule has 1 heterocycles. The van der Waals surface area contributed by atoms with Crippen LogP contribution in [0.25, 0.3) is 0 Å². The molecule has 0 spiro atoms. The van der Waals surface area contributed by atoms with Gasteiger partial charge in [0.05, 0.1) is 17.2 Å². The summed E-state index contributed by atoms with van der Waals surface area (Å²) >= 11 is 0. The summed E-state index contributed by atoms with van der Waals surface area (Å²) in [5.41, 5.74) is 5.87. The third-order valence-electron chi connectivity index (χ3n) is 5.01. The lowest BCUT2D eigenvalue weighted by Crippen LogP contribution is -2.42. The number of carboxylic acid groups (broad SMARTS) is 1. The van der Waals surface area contributed by atoms with Crippen LogP contribution in [-0.2, 0) is 11.2 Å². The maximum absolute atomic E-state index is 11.7. The van der Waals surface area contributed by atoms with Gasteiger partial charge in [-0.1, -0.05) is 12.8 Å². The predicted octanol–water partition coefficient (Wildman–Crippen LogP) is 1.98. The van der Waals surface area contributed by atoms with Gasteiger partial charge in [-0.2, -0.15) is 5.10 Å². The number of nitrogens with two attached hydrogens (primary N) is 1. The lowest BCUT2D eigenvalue weighted by molar-refractivity contribution is -0.149. The Labute approximate surface area is 119 Å². The summed E-state index contributed by atoms with van der Waals surface area (Å²) in [6, 6.07) is 2.47. The first-order valence-electron chi connectivity index (χ1n) is 7.63. The number of rotatable bonds is 6. The SMILES string of the molecule is NCC(Cc1ccn(C2CCCC2)n1)(C(=O)O)C1CC1. The molecule has 0 radical (unpaired) electrons. The average molecular weight is 277 g/mol. The van der Waals surface area contributed by atoms with Crippen molar-refractivity contribution in [1.29, 1.82) is 0 Å². The first-order valence-corrected chi connectivity index (χ1v) is 7.63. The number of hydrogen-bond donors (Lipinski definition) is 2. The van der Waals surface area contributed by atoms with E-state index in [0.717, 1.165) is 18.5 Å². The van der Waals surface area contributed by atoms with Gasteiger partial charge >= 0.3 is 5.97 Å². The summed E-state index contributed by atoms with van der Waals surface area (Å²) in [5, 5.41) is 14.2. The van der Waals surface area contributed by atoms with Gasteiger partial charge in [0.25, 0.3) is 0 Å². The third kappa shape index (κ3) is 2.35. The highest BCUT2D eigenvalue weighted by Crippen LogP contribution is 2.47. The molecular formula is C15H23N3O2.